The highest BCUT2D eigenvalue weighted by atomic mass is 35.5. The van der Waals surface area contributed by atoms with Crippen molar-refractivity contribution in [2.45, 2.75) is 25.3 Å². The summed E-state index contributed by atoms with van der Waals surface area (Å²) < 4.78 is 0. The molecule has 0 radical (unpaired) electrons. The number of hydrogen-bond donors (Lipinski definition) is 0. The average Bonchev–Trinajstić information content (AvgIpc) is 2.56. The maximum atomic E-state index is 11.4. The number of aromatic nitrogens is 1. The molecule has 1 fully saturated rings. The molecule has 0 bridgehead atoms. The van der Waals surface area contributed by atoms with Gasteiger partial charge in [-0.2, -0.15) is 0 Å². The summed E-state index contributed by atoms with van der Waals surface area (Å²) in [6, 6.07) is 4.30. The van der Waals surface area contributed by atoms with E-state index in [2.05, 4.69) is 9.88 Å². The first kappa shape index (κ1) is 9.16. The van der Waals surface area contributed by atoms with Crippen molar-refractivity contribution in [3.8, 4) is 0 Å². The molecule has 0 aliphatic carbocycles. The first-order valence-corrected chi connectivity index (χ1v) is 5.55. The lowest BCUT2D eigenvalue weighted by Gasteiger charge is -2.30. The van der Waals surface area contributed by atoms with Crippen LogP contribution in [-0.2, 0) is 11.2 Å². The van der Waals surface area contributed by atoms with Crippen molar-refractivity contribution >= 4 is 23.2 Å². The molecule has 1 saturated heterocycles. The Morgan fingerprint density at radius 1 is 1.47 bits per heavy atom. The molecule has 0 amide bonds. The van der Waals surface area contributed by atoms with Gasteiger partial charge in [-0.05, 0) is 24.5 Å². The Hall–Kier alpha value is -1.09. The molecule has 0 spiro atoms. The molecule has 78 valence electrons. The zero-order valence-corrected chi connectivity index (χ0v) is 9.00. The third-order valence-corrected chi connectivity index (χ3v) is 3.40. The summed E-state index contributed by atoms with van der Waals surface area (Å²) in [4.78, 5) is 17.8. The first-order valence-electron chi connectivity index (χ1n) is 5.18. The molecule has 1 unspecified atom stereocenters. The van der Waals surface area contributed by atoms with Crippen LogP contribution in [0.15, 0.2) is 12.1 Å². The van der Waals surface area contributed by atoms with Crippen molar-refractivity contribution in [3.05, 3.63) is 22.8 Å². The second-order valence-electron chi connectivity index (χ2n) is 4.18. The Morgan fingerprint density at radius 2 is 2.33 bits per heavy atom. The lowest BCUT2D eigenvalue weighted by atomic mass is 10.0. The fourth-order valence-electron chi connectivity index (χ4n) is 2.46. The van der Waals surface area contributed by atoms with Crippen molar-refractivity contribution in [1.82, 2.24) is 4.98 Å². The van der Waals surface area contributed by atoms with Crippen molar-refractivity contribution in [2.24, 2.45) is 0 Å². The Labute approximate surface area is 93.1 Å². The number of ketones is 1. The van der Waals surface area contributed by atoms with Crippen LogP contribution in [0.25, 0.3) is 0 Å². The molecule has 2 aliphatic rings. The number of carbonyl (C=O) groups excluding carboxylic acids is 1. The van der Waals surface area contributed by atoms with E-state index >= 15 is 0 Å². The monoisotopic (exact) mass is 222 g/mol. The van der Waals surface area contributed by atoms with Crippen LogP contribution in [0.1, 0.15) is 18.4 Å². The van der Waals surface area contributed by atoms with Crippen LogP contribution < -0.4 is 4.90 Å². The molecule has 3 nitrogen and oxygen atoms in total. The summed E-state index contributed by atoms with van der Waals surface area (Å²) >= 11 is 5.87. The highest BCUT2D eigenvalue weighted by Gasteiger charge is 2.35. The molecule has 3 rings (SSSR count). The summed E-state index contributed by atoms with van der Waals surface area (Å²) in [6.45, 7) is 0.505. The number of halogens is 1. The molecular formula is C11H11ClN2O. The Morgan fingerprint density at radius 3 is 3.20 bits per heavy atom. The maximum Gasteiger partial charge on any atom is 0.152 e. The van der Waals surface area contributed by atoms with Crippen molar-refractivity contribution < 1.29 is 4.79 Å². The molecule has 0 aromatic carbocycles. The van der Waals surface area contributed by atoms with Gasteiger partial charge in [0.05, 0.1) is 6.54 Å². The number of Topliss-reactive ketones (excluding diaryl/α,β-unsaturated/α-hetero) is 1. The van der Waals surface area contributed by atoms with Gasteiger partial charge in [-0.1, -0.05) is 17.7 Å². The molecule has 3 heterocycles. The van der Waals surface area contributed by atoms with E-state index < -0.39 is 0 Å². The number of nitrogens with zero attached hydrogens (tertiary/aromatic N) is 2. The van der Waals surface area contributed by atoms with Crippen LogP contribution in [0.3, 0.4) is 0 Å². The maximum absolute atomic E-state index is 11.4. The van der Waals surface area contributed by atoms with E-state index in [0.717, 1.165) is 18.7 Å². The summed E-state index contributed by atoms with van der Waals surface area (Å²) in [6.07, 6.45) is 2.67. The van der Waals surface area contributed by atoms with Gasteiger partial charge in [0.1, 0.15) is 11.0 Å². The Balaban J connectivity index is 2.02. The highest BCUT2D eigenvalue weighted by molar-refractivity contribution is 6.29. The van der Waals surface area contributed by atoms with E-state index in [1.807, 2.05) is 12.1 Å². The fourth-order valence-corrected chi connectivity index (χ4v) is 2.60. The van der Waals surface area contributed by atoms with Gasteiger partial charge in [-0.15, -0.1) is 0 Å². The predicted octanol–water partition coefficient (Wildman–Crippen LogP) is 1.83. The van der Waals surface area contributed by atoms with E-state index in [1.165, 1.54) is 5.56 Å². The normalized spacial score (nSPS) is 23.9. The number of hydrogen-bond acceptors (Lipinski definition) is 3. The van der Waals surface area contributed by atoms with Gasteiger partial charge in [0.25, 0.3) is 0 Å². The third kappa shape index (κ3) is 1.42. The summed E-state index contributed by atoms with van der Waals surface area (Å²) in [5, 5.41) is 0.507. The average molecular weight is 223 g/mol. The van der Waals surface area contributed by atoms with Gasteiger partial charge >= 0.3 is 0 Å². The lowest BCUT2D eigenvalue weighted by molar-refractivity contribution is -0.118. The van der Waals surface area contributed by atoms with Crippen molar-refractivity contribution in [1.29, 1.82) is 0 Å². The van der Waals surface area contributed by atoms with Crippen LogP contribution in [0.5, 0.6) is 0 Å². The molecule has 0 saturated carbocycles. The molecule has 4 heteroatoms. The molecule has 1 aromatic rings. The molecule has 15 heavy (non-hydrogen) atoms. The fraction of sp³-hybridized carbons (Fsp3) is 0.455. The minimum Gasteiger partial charge on any atom is -0.346 e. The smallest absolute Gasteiger partial charge is 0.152 e. The first-order chi connectivity index (χ1) is 7.24. The van der Waals surface area contributed by atoms with Crippen LogP contribution in [0, 0.1) is 0 Å². The summed E-state index contributed by atoms with van der Waals surface area (Å²) in [5.74, 6) is 1.22. The topological polar surface area (TPSA) is 33.2 Å². The van der Waals surface area contributed by atoms with Crippen LogP contribution >= 0.6 is 11.6 Å². The van der Waals surface area contributed by atoms with Crippen molar-refractivity contribution in [2.75, 3.05) is 11.4 Å². The van der Waals surface area contributed by atoms with Gasteiger partial charge in [0.15, 0.2) is 5.78 Å². The zero-order chi connectivity index (χ0) is 10.4. The van der Waals surface area contributed by atoms with Gasteiger partial charge in [0, 0.05) is 12.5 Å². The predicted molar refractivity (Wildman–Crippen MR) is 58.3 cm³/mol. The van der Waals surface area contributed by atoms with E-state index in [-0.39, 0.29) is 0 Å². The van der Waals surface area contributed by atoms with E-state index in [4.69, 9.17) is 11.6 Å². The number of anilines is 1. The van der Waals surface area contributed by atoms with Gasteiger partial charge in [-0.25, -0.2) is 4.98 Å². The standard InChI is InChI=1S/C11H11ClN2O/c12-10-4-1-7-5-8-2-3-9(15)6-14(8)11(7)13-10/h1,4,8H,2-3,5-6H2. The van der Waals surface area contributed by atoms with Crippen LogP contribution in [-0.4, -0.2) is 23.4 Å². The molecule has 2 aliphatic heterocycles. The van der Waals surface area contributed by atoms with E-state index in [1.54, 1.807) is 0 Å². The minimum atomic E-state index is 0.306. The number of carbonyl (C=O) groups is 1. The lowest BCUT2D eigenvalue weighted by Crippen LogP contribution is -2.41. The SMILES string of the molecule is O=C1CCC2Cc3ccc(Cl)nc3N2C1. The molecule has 0 N–H and O–H groups in total. The molecule has 1 atom stereocenters. The highest BCUT2D eigenvalue weighted by Crippen LogP contribution is 2.35. The summed E-state index contributed by atoms with van der Waals surface area (Å²) in [5.41, 5.74) is 1.22. The second kappa shape index (κ2) is 3.20. The van der Waals surface area contributed by atoms with Gasteiger partial charge in [-0.3, -0.25) is 4.79 Å². The van der Waals surface area contributed by atoms with Gasteiger partial charge < -0.3 is 4.90 Å². The molecule has 1 aromatic heterocycles. The third-order valence-electron chi connectivity index (χ3n) is 3.19. The van der Waals surface area contributed by atoms with E-state index in [0.29, 0.717) is 29.9 Å². The van der Waals surface area contributed by atoms with Gasteiger partial charge in [0.2, 0.25) is 0 Å². The molecular weight excluding hydrogens is 212 g/mol. The number of fused-ring (bicyclic) bond motifs is 3. The van der Waals surface area contributed by atoms with E-state index in [9.17, 15) is 4.79 Å². The summed E-state index contributed by atoms with van der Waals surface area (Å²) in [7, 11) is 0. The minimum absolute atomic E-state index is 0.306. The number of pyridine rings is 1. The second-order valence-corrected chi connectivity index (χ2v) is 4.57. The Bertz CT molecular complexity index is 433. The Kier molecular flexibility index (Phi) is 1.96. The number of piperidine rings is 1. The quantitative estimate of drug-likeness (QED) is 0.628. The zero-order valence-electron chi connectivity index (χ0n) is 8.24. The largest absolute Gasteiger partial charge is 0.346 e. The van der Waals surface area contributed by atoms with Crippen LogP contribution in [0.2, 0.25) is 5.15 Å². The number of rotatable bonds is 0. The van der Waals surface area contributed by atoms with Crippen LogP contribution in [0.4, 0.5) is 5.82 Å². The van der Waals surface area contributed by atoms with Crippen molar-refractivity contribution in [3.63, 3.8) is 0 Å².